The summed E-state index contributed by atoms with van der Waals surface area (Å²) in [5.41, 5.74) is 8.15. The summed E-state index contributed by atoms with van der Waals surface area (Å²) < 4.78 is 2.34. The average molecular weight is 397 g/mol. The molecule has 4 rings (SSSR count). The molecule has 0 spiro atoms. The number of aromatic nitrogens is 1. The summed E-state index contributed by atoms with van der Waals surface area (Å²) in [6.45, 7) is 7.89. The van der Waals surface area contributed by atoms with Gasteiger partial charge in [0, 0.05) is 35.2 Å². The van der Waals surface area contributed by atoms with Crippen molar-refractivity contribution < 1.29 is 4.79 Å². The van der Waals surface area contributed by atoms with Gasteiger partial charge in [0.2, 0.25) is 0 Å². The molecule has 0 saturated heterocycles. The molecule has 152 valence electrons. The molecule has 0 aliphatic heterocycles. The third kappa shape index (κ3) is 4.16. The zero-order valence-corrected chi connectivity index (χ0v) is 17.9. The highest BCUT2D eigenvalue weighted by Gasteiger charge is 2.14. The van der Waals surface area contributed by atoms with Crippen molar-refractivity contribution in [2.75, 3.05) is 6.54 Å². The van der Waals surface area contributed by atoms with Crippen molar-refractivity contribution in [3.8, 4) is 0 Å². The quantitative estimate of drug-likeness (QED) is 0.453. The van der Waals surface area contributed by atoms with Crippen LogP contribution < -0.4 is 5.32 Å². The maximum absolute atomic E-state index is 12.7. The second-order valence-corrected chi connectivity index (χ2v) is 8.01. The number of rotatable bonds is 6. The first kappa shape index (κ1) is 20.0. The number of nitrogens with one attached hydrogen (secondary N) is 1. The molecular weight excluding hydrogens is 368 g/mol. The molecule has 4 aromatic rings. The minimum absolute atomic E-state index is 0.0173. The van der Waals surface area contributed by atoms with Crippen LogP contribution in [0.1, 0.15) is 38.3 Å². The number of hydrogen-bond acceptors (Lipinski definition) is 1. The van der Waals surface area contributed by atoms with Crippen molar-refractivity contribution in [3.05, 3.63) is 106 Å². The van der Waals surface area contributed by atoms with Crippen LogP contribution in [0.3, 0.4) is 0 Å². The fourth-order valence-electron chi connectivity index (χ4n) is 4.05. The molecule has 3 nitrogen and oxygen atoms in total. The van der Waals surface area contributed by atoms with Crippen molar-refractivity contribution in [3.63, 3.8) is 0 Å². The van der Waals surface area contributed by atoms with Crippen molar-refractivity contribution in [1.82, 2.24) is 9.88 Å². The minimum Gasteiger partial charge on any atom is -0.352 e. The summed E-state index contributed by atoms with van der Waals surface area (Å²) in [4.78, 5) is 12.7. The molecule has 0 bridgehead atoms. The van der Waals surface area contributed by atoms with Crippen molar-refractivity contribution in [2.24, 2.45) is 0 Å². The van der Waals surface area contributed by atoms with E-state index in [1.54, 1.807) is 0 Å². The molecule has 30 heavy (non-hydrogen) atoms. The number of carbonyl (C=O) groups is 1. The van der Waals surface area contributed by atoms with Gasteiger partial charge in [-0.05, 0) is 62.1 Å². The lowest BCUT2D eigenvalue weighted by Crippen LogP contribution is -2.25. The molecule has 1 amide bonds. The summed E-state index contributed by atoms with van der Waals surface area (Å²) >= 11 is 0. The molecule has 1 N–H and O–H groups in total. The van der Waals surface area contributed by atoms with E-state index in [4.69, 9.17) is 0 Å². The number of benzene rings is 3. The topological polar surface area (TPSA) is 34.0 Å². The molecule has 1 aromatic heterocycles. The Morgan fingerprint density at radius 1 is 0.867 bits per heavy atom. The summed E-state index contributed by atoms with van der Waals surface area (Å²) in [6.07, 6.45) is 0.833. The predicted octanol–water partition coefficient (Wildman–Crippen LogP) is 5.59. The molecule has 0 aliphatic carbocycles. The van der Waals surface area contributed by atoms with E-state index in [1.807, 2.05) is 30.3 Å². The van der Waals surface area contributed by atoms with E-state index in [2.05, 4.69) is 73.1 Å². The van der Waals surface area contributed by atoms with E-state index in [0.29, 0.717) is 12.1 Å². The van der Waals surface area contributed by atoms with Crippen LogP contribution in [0.15, 0.2) is 72.8 Å². The van der Waals surface area contributed by atoms with Crippen LogP contribution >= 0.6 is 0 Å². The lowest BCUT2D eigenvalue weighted by Gasteiger charge is -2.10. The number of hydrogen-bond donors (Lipinski definition) is 1. The summed E-state index contributed by atoms with van der Waals surface area (Å²) in [5.74, 6) is -0.0173. The maximum atomic E-state index is 12.7. The van der Waals surface area contributed by atoms with E-state index in [-0.39, 0.29) is 5.91 Å². The molecule has 1 heterocycles. The Bertz CT molecular complexity index is 1190. The van der Waals surface area contributed by atoms with Gasteiger partial charge in [-0.3, -0.25) is 4.79 Å². The van der Waals surface area contributed by atoms with Crippen LogP contribution in [-0.2, 0) is 13.0 Å². The van der Waals surface area contributed by atoms with Gasteiger partial charge < -0.3 is 9.88 Å². The summed E-state index contributed by atoms with van der Waals surface area (Å²) in [5, 5.41) is 4.20. The standard InChI is InChI=1S/C27H28N2O/c1-19-8-7-11-23(16-19)18-29-21(3)20(2)25-17-24(12-13-26(25)29)27(30)28-15-14-22-9-5-4-6-10-22/h4-13,16-17H,14-15,18H2,1-3H3,(H,28,30). The molecule has 0 aliphatic rings. The Balaban J connectivity index is 1.54. The molecule has 0 fully saturated rings. The molecule has 0 unspecified atom stereocenters. The Hall–Kier alpha value is -3.33. The van der Waals surface area contributed by atoms with E-state index in [1.165, 1.54) is 33.5 Å². The zero-order valence-electron chi connectivity index (χ0n) is 17.9. The van der Waals surface area contributed by atoms with Crippen molar-refractivity contribution in [1.29, 1.82) is 0 Å². The van der Waals surface area contributed by atoms with Gasteiger partial charge in [-0.2, -0.15) is 0 Å². The Morgan fingerprint density at radius 2 is 1.63 bits per heavy atom. The lowest BCUT2D eigenvalue weighted by atomic mass is 10.1. The summed E-state index contributed by atoms with van der Waals surface area (Å²) in [6, 6.07) is 24.9. The van der Waals surface area contributed by atoms with Gasteiger partial charge in [0.1, 0.15) is 0 Å². The Morgan fingerprint density at radius 3 is 2.40 bits per heavy atom. The SMILES string of the molecule is Cc1cccc(Cn2c(C)c(C)c3cc(C(=O)NCCc4ccccc4)ccc32)c1. The van der Waals surface area contributed by atoms with Crippen LogP contribution in [-0.4, -0.2) is 17.0 Å². The highest BCUT2D eigenvalue weighted by molar-refractivity contribution is 5.99. The van der Waals surface area contributed by atoms with Gasteiger partial charge in [-0.1, -0.05) is 60.2 Å². The van der Waals surface area contributed by atoms with Crippen LogP contribution in [0.2, 0.25) is 0 Å². The highest BCUT2D eigenvalue weighted by Crippen LogP contribution is 2.27. The normalized spacial score (nSPS) is 11.0. The molecule has 0 saturated carbocycles. The molecule has 3 heteroatoms. The third-order valence-corrected chi connectivity index (χ3v) is 5.87. The molecule has 3 aromatic carbocycles. The monoisotopic (exact) mass is 396 g/mol. The molecular formula is C27H28N2O. The highest BCUT2D eigenvalue weighted by atomic mass is 16.1. The average Bonchev–Trinajstić information content (AvgIpc) is 2.99. The van der Waals surface area contributed by atoms with Gasteiger partial charge in [0.15, 0.2) is 0 Å². The number of amides is 1. The maximum Gasteiger partial charge on any atom is 0.251 e. The van der Waals surface area contributed by atoms with Gasteiger partial charge >= 0.3 is 0 Å². The smallest absolute Gasteiger partial charge is 0.251 e. The van der Waals surface area contributed by atoms with Crippen molar-refractivity contribution in [2.45, 2.75) is 33.7 Å². The van der Waals surface area contributed by atoms with Crippen LogP contribution in [0, 0.1) is 20.8 Å². The van der Waals surface area contributed by atoms with Gasteiger partial charge in [0.05, 0.1) is 0 Å². The fourth-order valence-corrected chi connectivity index (χ4v) is 4.05. The largest absolute Gasteiger partial charge is 0.352 e. The Kier molecular flexibility index (Phi) is 5.71. The number of aryl methyl sites for hydroxylation is 2. The van der Waals surface area contributed by atoms with E-state index in [0.717, 1.165) is 18.4 Å². The van der Waals surface area contributed by atoms with Crippen molar-refractivity contribution >= 4 is 16.8 Å². The van der Waals surface area contributed by atoms with Gasteiger partial charge in [0.25, 0.3) is 5.91 Å². The van der Waals surface area contributed by atoms with E-state index < -0.39 is 0 Å². The second kappa shape index (κ2) is 8.58. The first-order valence-corrected chi connectivity index (χ1v) is 10.5. The van der Waals surface area contributed by atoms with Gasteiger partial charge in [-0.25, -0.2) is 0 Å². The van der Waals surface area contributed by atoms with Gasteiger partial charge in [-0.15, -0.1) is 0 Å². The number of nitrogens with zero attached hydrogens (tertiary/aromatic N) is 1. The number of fused-ring (bicyclic) bond motifs is 1. The predicted molar refractivity (Wildman–Crippen MR) is 124 cm³/mol. The Labute approximate surface area is 178 Å². The lowest BCUT2D eigenvalue weighted by molar-refractivity contribution is 0.0954. The third-order valence-electron chi connectivity index (χ3n) is 5.87. The number of carbonyl (C=O) groups excluding carboxylic acids is 1. The fraction of sp³-hybridized carbons (Fsp3) is 0.222. The molecule has 0 atom stereocenters. The van der Waals surface area contributed by atoms with E-state index >= 15 is 0 Å². The second-order valence-electron chi connectivity index (χ2n) is 8.01. The van der Waals surface area contributed by atoms with E-state index in [9.17, 15) is 4.79 Å². The van der Waals surface area contributed by atoms with Crippen LogP contribution in [0.5, 0.6) is 0 Å². The van der Waals surface area contributed by atoms with Crippen LogP contribution in [0.25, 0.3) is 10.9 Å². The molecule has 0 radical (unpaired) electrons. The minimum atomic E-state index is -0.0173. The van der Waals surface area contributed by atoms with Crippen LogP contribution in [0.4, 0.5) is 0 Å². The first-order chi connectivity index (χ1) is 14.5. The zero-order chi connectivity index (χ0) is 21.1. The summed E-state index contributed by atoms with van der Waals surface area (Å²) in [7, 11) is 0. The first-order valence-electron chi connectivity index (χ1n) is 10.5.